The molecule has 1 saturated carbocycles. The first-order valence-corrected chi connectivity index (χ1v) is 14.5. The fraction of sp³-hybridized carbons (Fsp3) is 0.594. The number of fused-ring (bicyclic) bond motifs is 1. The lowest BCUT2D eigenvalue weighted by molar-refractivity contribution is -0.146. The van der Waals surface area contributed by atoms with Gasteiger partial charge < -0.3 is 20.9 Å². The number of benzene rings is 1. The number of hydrogen-bond donors (Lipinski definition) is 3. The largest absolute Gasteiger partial charge is 0.350 e. The van der Waals surface area contributed by atoms with Gasteiger partial charge in [0.25, 0.3) is 5.91 Å². The van der Waals surface area contributed by atoms with Crippen LogP contribution in [0.15, 0.2) is 43.0 Å². The molecule has 3 N–H and O–H groups in total. The number of piperidine rings is 1. The summed E-state index contributed by atoms with van der Waals surface area (Å²) in [7, 11) is 0. The van der Waals surface area contributed by atoms with Gasteiger partial charge in [-0.15, -0.1) is 6.58 Å². The Bertz CT molecular complexity index is 1160. The summed E-state index contributed by atoms with van der Waals surface area (Å²) in [6.07, 6.45) is 3.10. The Kier molecular flexibility index (Phi) is 10.2. The number of carbonyl (C=O) groups is 5. The average Bonchev–Trinajstić information content (AvgIpc) is 3.24. The van der Waals surface area contributed by atoms with Crippen LogP contribution in [0, 0.1) is 28.6 Å². The molecule has 1 aromatic carbocycles. The topological polar surface area (TPSA) is 125 Å². The molecule has 0 radical (unpaired) electrons. The molecule has 1 aromatic rings. The second-order valence-corrected chi connectivity index (χ2v) is 13.1. The van der Waals surface area contributed by atoms with Crippen molar-refractivity contribution in [3.63, 3.8) is 0 Å². The van der Waals surface area contributed by atoms with Gasteiger partial charge >= 0.3 is 0 Å². The first-order chi connectivity index (χ1) is 19.2. The van der Waals surface area contributed by atoms with Crippen molar-refractivity contribution < 1.29 is 24.0 Å². The fourth-order valence-corrected chi connectivity index (χ4v) is 5.69. The molecule has 0 spiro atoms. The van der Waals surface area contributed by atoms with Crippen LogP contribution in [-0.2, 0) is 30.5 Å². The number of nitrogens with one attached hydrogen (secondary N) is 3. The molecule has 9 nitrogen and oxygen atoms in total. The zero-order chi connectivity index (χ0) is 30.5. The van der Waals surface area contributed by atoms with Crippen molar-refractivity contribution in [3.8, 4) is 0 Å². The van der Waals surface area contributed by atoms with Gasteiger partial charge in [0.05, 0.1) is 12.6 Å². The number of ketones is 1. The van der Waals surface area contributed by atoms with Crippen molar-refractivity contribution in [2.45, 2.75) is 79.4 Å². The second kappa shape index (κ2) is 13.0. The molecule has 5 atom stereocenters. The molecule has 2 fully saturated rings. The van der Waals surface area contributed by atoms with Crippen LogP contribution in [0.3, 0.4) is 0 Å². The van der Waals surface area contributed by atoms with E-state index in [1.807, 2.05) is 58.0 Å². The van der Waals surface area contributed by atoms with Crippen LogP contribution in [0.25, 0.3) is 0 Å². The van der Waals surface area contributed by atoms with Crippen molar-refractivity contribution in [3.05, 3.63) is 48.6 Å². The molecule has 4 amide bonds. The molecule has 0 aromatic heterocycles. The first kappa shape index (κ1) is 32.0. The van der Waals surface area contributed by atoms with Gasteiger partial charge in [0.15, 0.2) is 0 Å². The maximum atomic E-state index is 13.7. The summed E-state index contributed by atoms with van der Waals surface area (Å²) in [5.74, 6) is -2.76. The van der Waals surface area contributed by atoms with E-state index in [2.05, 4.69) is 36.4 Å². The van der Waals surface area contributed by atoms with E-state index in [-0.39, 0.29) is 47.5 Å². The highest BCUT2D eigenvalue weighted by Crippen LogP contribution is 2.65. The molecule has 3 rings (SSSR count). The smallest absolute Gasteiger partial charge is 0.290 e. The molecule has 1 heterocycles. The van der Waals surface area contributed by atoms with Crippen LogP contribution >= 0.6 is 0 Å². The Morgan fingerprint density at radius 2 is 1.76 bits per heavy atom. The van der Waals surface area contributed by atoms with Gasteiger partial charge in [0.1, 0.15) is 6.04 Å². The standard InChI is InChI=1S/C32H46N4O5/c1-8-9-11-16-23(27(38)29(40)34-18-24(37)33-17-21-14-12-10-13-15-21)35-28(39)26-25-22(32(25,6)7)19-36(26)30(41)20(2)31(3,4)5/h8,10,12-15,20,22-23,25-26H,1,9,11,16-19H2,2-7H3,(H,33,37)(H,34,40)(H,35,39)/t20-,22+,23?,25+,26+/m1/s1. The monoisotopic (exact) mass is 566 g/mol. The predicted octanol–water partition coefficient (Wildman–Crippen LogP) is 2.99. The van der Waals surface area contributed by atoms with E-state index >= 15 is 0 Å². The van der Waals surface area contributed by atoms with Gasteiger partial charge in [-0.3, -0.25) is 24.0 Å². The lowest BCUT2D eigenvalue weighted by Gasteiger charge is -2.36. The van der Waals surface area contributed by atoms with Gasteiger partial charge in [-0.2, -0.15) is 0 Å². The first-order valence-electron chi connectivity index (χ1n) is 14.5. The van der Waals surface area contributed by atoms with Gasteiger partial charge in [-0.25, -0.2) is 0 Å². The van der Waals surface area contributed by atoms with E-state index in [1.165, 1.54) is 0 Å². The maximum absolute atomic E-state index is 13.7. The van der Waals surface area contributed by atoms with Gasteiger partial charge in [-0.1, -0.05) is 78.0 Å². The van der Waals surface area contributed by atoms with Crippen molar-refractivity contribution >= 4 is 29.4 Å². The van der Waals surface area contributed by atoms with E-state index < -0.39 is 35.6 Å². The fourth-order valence-electron chi connectivity index (χ4n) is 5.69. The zero-order valence-corrected chi connectivity index (χ0v) is 25.3. The molecule has 224 valence electrons. The minimum Gasteiger partial charge on any atom is -0.350 e. The highest BCUT2D eigenvalue weighted by Gasteiger charge is 2.69. The number of rotatable bonds is 13. The Morgan fingerprint density at radius 1 is 1.10 bits per heavy atom. The second-order valence-electron chi connectivity index (χ2n) is 13.1. The van der Waals surface area contributed by atoms with Crippen LogP contribution in [0.5, 0.6) is 0 Å². The summed E-state index contributed by atoms with van der Waals surface area (Å²) in [4.78, 5) is 67.1. The molecule has 2 aliphatic rings. The lowest BCUT2D eigenvalue weighted by Crippen LogP contribution is -2.56. The minimum absolute atomic E-state index is 0.00955. The molecular weight excluding hydrogens is 520 g/mol. The SMILES string of the molecule is C=CCCCC(NC(=O)[C@@H]1[C@@H]2[C@H](CN1C(=O)[C@@H](C)C(C)(C)C)C2(C)C)C(=O)C(=O)NCC(=O)NCc1ccccc1. The molecule has 1 unspecified atom stereocenters. The van der Waals surface area contributed by atoms with E-state index in [0.717, 1.165) is 5.56 Å². The molecule has 1 aliphatic carbocycles. The van der Waals surface area contributed by atoms with Crippen LogP contribution in [0.4, 0.5) is 0 Å². The molecular formula is C32H46N4O5. The molecule has 1 aliphatic heterocycles. The summed E-state index contributed by atoms with van der Waals surface area (Å²) < 4.78 is 0. The van der Waals surface area contributed by atoms with Gasteiger partial charge in [0, 0.05) is 19.0 Å². The molecule has 1 saturated heterocycles. The summed E-state index contributed by atoms with van der Waals surface area (Å²) in [5, 5.41) is 7.90. The van der Waals surface area contributed by atoms with Crippen molar-refractivity contribution in [2.75, 3.05) is 13.1 Å². The number of allylic oxidation sites excluding steroid dienone is 1. The highest BCUT2D eigenvalue weighted by atomic mass is 16.2. The van der Waals surface area contributed by atoms with E-state index in [9.17, 15) is 24.0 Å². The van der Waals surface area contributed by atoms with Crippen molar-refractivity contribution in [2.24, 2.45) is 28.6 Å². The predicted molar refractivity (Wildman–Crippen MR) is 157 cm³/mol. The number of Topliss-reactive ketones (excluding diaryl/α,β-unsaturated/α-hetero) is 1. The summed E-state index contributed by atoms with van der Waals surface area (Å²) >= 11 is 0. The molecule has 0 bridgehead atoms. The number of likely N-dealkylation sites (tertiary alicyclic amines) is 1. The number of amides is 4. The Hall–Kier alpha value is -3.49. The van der Waals surface area contributed by atoms with E-state index in [4.69, 9.17) is 0 Å². The number of carbonyl (C=O) groups excluding carboxylic acids is 5. The number of unbranched alkanes of at least 4 members (excludes halogenated alkanes) is 1. The Morgan fingerprint density at radius 3 is 2.37 bits per heavy atom. The summed E-state index contributed by atoms with van der Waals surface area (Å²) in [6.45, 7) is 16.2. The Balaban J connectivity index is 1.66. The van der Waals surface area contributed by atoms with E-state index in [1.54, 1.807) is 11.0 Å². The molecule has 41 heavy (non-hydrogen) atoms. The van der Waals surface area contributed by atoms with Gasteiger partial charge in [0.2, 0.25) is 23.5 Å². The van der Waals surface area contributed by atoms with Gasteiger partial charge in [-0.05, 0) is 47.5 Å². The van der Waals surface area contributed by atoms with Crippen LogP contribution in [-0.4, -0.2) is 59.5 Å². The minimum atomic E-state index is -1.08. The van der Waals surface area contributed by atoms with Crippen LogP contribution in [0.2, 0.25) is 0 Å². The number of hydrogen-bond acceptors (Lipinski definition) is 5. The van der Waals surface area contributed by atoms with Crippen molar-refractivity contribution in [1.29, 1.82) is 0 Å². The van der Waals surface area contributed by atoms with Crippen LogP contribution in [0.1, 0.15) is 66.4 Å². The number of nitrogens with zero attached hydrogens (tertiary/aromatic N) is 1. The third-order valence-electron chi connectivity index (χ3n) is 8.93. The van der Waals surface area contributed by atoms with E-state index in [0.29, 0.717) is 25.9 Å². The third-order valence-corrected chi connectivity index (χ3v) is 8.93. The van der Waals surface area contributed by atoms with Crippen molar-refractivity contribution in [1.82, 2.24) is 20.9 Å². The lowest BCUT2D eigenvalue weighted by atomic mass is 9.81. The summed E-state index contributed by atoms with van der Waals surface area (Å²) in [6, 6.07) is 7.55. The normalized spacial score (nSPS) is 22.1. The average molecular weight is 567 g/mol. The zero-order valence-electron chi connectivity index (χ0n) is 25.3. The molecule has 9 heteroatoms. The van der Waals surface area contributed by atoms with Crippen LogP contribution < -0.4 is 16.0 Å². The Labute approximate surface area is 243 Å². The summed E-state index contributed by atoms with van der Waals surface area (Å²) in [5.41, 5.74) is 0.553. The highest BCUT2D eigenvalue weighted by molar-refractivity contribution is 6.38. The third kappa shape index (κ3) is 7.63. The maximum Gasteiger partial charge on any atom is 0.290 e. The quantitative estimate of drug-likeness (QED) is 0.192.